The minimum absolute atomic E-state index is 0.476. The van der Waals surface area contributed by atoms with Crippen molar-refractivity contribution in [3.05, 3.63) is 17.0 Å². The monoisotopic (exact) mass is 392 g/mol. The number of hydrogen-bond donors (Lipinski definition) is 2. The number of aromatic nitrogens is 2. The number of nitrogens with one attached hydrogen (secondary N) is 2. The zero-order valence-electron chi connectivity index (χ0n) is 18.7. The Labute approximate surface area is 170 Å². The highest BCUT2D eigenvalue weighted by Gasteiger charge is 2.24. The van der Waals surface area contributed by atoms with Gasteiger partial charge in [0.05, 0.1) is 25.5 Å². The summed E-state index contributed by atoms with van der Waals surface area (Å²) in [7, 11) is 2.03. The van der Waals surface area contributed by atoms with E-state index in [9.17, 15) is 0 Å². The van der Waals surface area contributed by atoms with Crippen molar-refractivity contribution in [3.63, 3.8) is 0 Å². The van der Waals surface area contributed by atoms with Crippen molar-refractivity contribution in [3.8, 4) is 0 Å². The Bertz CT molecular complexity index is 619. The zero-order valence-corrected chi connectivity index (χ0v) is 18.7. The molecule has 2 rings (SSSR count). The third-order valence-electron chi connectivity index (χ3n) is 5.53. The molecule has 0 aliphatic carbocycles. The van der Waals surface area contributed by atoms with Gasteiger partial charge in [-0.2, -0.15) is 5.10 Å². The smallest absolute Gasteiger partial charge is 0.191 e. The number of aliphatic imine (C=N–C) groups is 1. The summed E-state index contributed by atoms with van der Waals surface area (Å²) in [6.45, 7) is 17.1. The molecule has 0 saturated carbocycles. The Morgan fingerprint density at radius 3 is 2.43 bits per heavy atom. The van der Waals surface area contributed by atoms with Gasteiger partial charge in [0.15, 0.2) is 5.96 Å². The number of morpholine rings is 1. The predicted molar refractivity (Wildman–Crippen MR) is 116 cm³/mol. The number of hydrogen-bond acceptors (Lipinski definition) is 4. The van der Waals surface area contributed by atoms with Gasteiger partial charge in [0, 0.05) is 50.5 Å². The van der Waals surface area contributed by atoms with Crippen molar-refractivity contribution in [1.29, 1.82) is 0 Å². The zero-order chi connectivity index (χ0) is 20.5. The van der Waals surface area contributed by atoms with Gasteiger partial charge in [0.2, 0.25) is 0 Å². The molecule has 7 nitrogen and oxygen atoms in total. The van der Waals surface area contributed by atoms with Crippen LogP contribution in [0.25, 0.3) is 0 Å². The van der Waals surface area contributed by atoms with Crippen molar-refractivity contribution in [2.75, 3.05) is 39.4 Å². The van der Waals surface area contributed by atoms with Crippen molar-refractivity contribution >= 4 is 5.96 Å². The summed E-state index contributed by atoms with van der Waals surface area (Å²) in [4.78, 5) is 7.43. The largest absolute Gasteiger partial charge is 0.379 e. The van der Waals surface area contributed by atoms with Crippen molar-refractivity contribution < 1.29 is 4.74 Å². The number of rotatable bonds is 9. The van der Waals surface area contributed by atoms with E-state index in [0.717, 1.165) is 63.9 Å². The third-order valence-corrected chi connectivity index (χ3v) is 5.53. The van der Waals surface area contributed by atoms with Gasteiger partial charge >= 0.3 is 0 Å². The van der Waals surface area contributed by atoms with Crippen LogP contribution in [-0.4, -0.2) is 66.1 Å². The van der Waals surface area contributed by atoms with E-state index in [1.54, 1.807) is 0 Å². The molecule has 0 radical (unpaired) electrons. The number of aryl methyl sites for hydroxylation is 2. The molecule has 1 fully saturated rings. The summed E-state index contributed by atoms with van der Waals surface area (Å²) in [5.41, 5.74) is 3.72. The Morgan fingerprint density at radius 1 is 1.14 bits per heavy atom. The molecule has 0 bridgehead atoms. The van der Waals surface area contributed by atoms with Gasteiger partial charge in [-0.25, -0.2) is 4.99 Å². The average molecular weight is 393 g/mol. The molecule has 160 valence electrons. The standard InChI is InChI=1S/C21H40N6O/c1-7-18-17(19(8-2)26(6)25-18)14-23-21(22-9-3)24-15-20(16(4)5)27-10-12-28-13-11-27/h16,20H,7-15H2,1-6H3,(H2,22,23,24). The second-order valence-electron chi connectivity index (χ2n) is 7.74. The summed E-state index contributed by atoms with van der Waals surface area (Å²) in [5.74, 6) is 1.46. The first-order valence-electron chi connectivity index (χ1n) is 10.9. The third kappa shape index (κ3) is 5.95. The highest BCUT2D eigenvalue weighted by Crippen LogP contribution is 2.17. The maximum absolute atomic E-state index is 5.52. The molecule has 2 N–H and O–H groups in total. The molecule has 0 aromatic carbocycles. The Hall–Kier alpha value is -1.60. The summed E-state index contributed by atoms with van der Waals surface area (Å²) in [6.07, 6.45) is 1.92. The van der Waals surface area contributed by atoms with E-state index in [0.29, 0.717) is 18.5 Å². The molecule has 1 atom stereocenters. The first kappa shape index (κ1) is 22.7. The van der Waals surface area contributed by atoms with Crippen LogP contribution >= 0.6 is 0 Å². The van der Waals surface area contributed by atoms with E-state index >= 15 is 0 Å². The normalized spacial score (nSPS) is 17.2. The Kier molecular flexibility index (Phi) is 9.25. The van der Waals surface area contributed by atoms with Gasteiger partial charge in [-0.05, 0) is 25.7 Å². The molecule has 1 unspecified atom stereocenters. The fourth-order valence-corrected chi connectivity index (χ4v) is 3.97. The van der Waals surface area contributed by atoms with Crippen LogP contribution in [0.2, 0.25) is 0 Å². The summed E-state index contributed by atoms with van der Waals surface area (Å²) >= 11 is 0. The lowest BCUT2D eigenvalue weighted by atomic mass is 10.0. The van der Waals surface area contributed by atoms with Gasteiger partial charge in [0.25, 0.3) is 0 Å². The van der Waals surface area contributed by atoms with E-state index in [1.807, 2.05) is 11.7 Å². The maximum atomic E-state index is 5.52. The maximum Gasteiger partial charge on any atom is 0.191 e. The highest BCUT2D eigenvalue weighted by molar-refractivity contribution is 5.79. The SMILES string of the molecule is CCNC(=NCc1c(CC)nn(C)c1CC)NCC(C(C)C)N1CCOCC1. The second-order valence-corrected chi connectivity index (χ2v) is 7.74. The first-order valence-corrected chi connectivity index (χ1v) is 10.9. The van der Waals surface area contributed by atoms with Crippen LogP contribution in [0.5, 0.6) is 0 Å². The van der Waals surface area contributed by atoms with E-state index in [2.05, 4.69) is 55.3 Å². The van der Waals surface area contributed by atoms with Crippen molar-refractivity contribution in [2.45, 2.75) is 60.0 Å². The summed E-state index contributed by atoms with van der Waals surface area (Å²) in [5, 5.41) is 11.7. The van der Waals surface area contributed by atoms with Crippen LogP contribution in [0.4, 0.5) is 0 Å². The van der Waals surface area contributed by atoms with Crippen LogP contribution < -0.4 is 10.6 Å². The van der Waals surface area contributed by atoms with Crippen LogP contribution in [-0.2, 0) is 31.2 Å². The van der Waals surface area contributed by atoms with E-state index in [1.165, 1.54) is 11.3 Å². The molecule has 2 heterocycles. The minimum atomic E-state index is 0.476. The van der Waals surface area contributed by atoms with E-state index in [-0.39, 0.29) is 0 Å². The van der Waals surface area contributed by atoms with Gasteiger partial charge in [-0.15, -0.1) is 0 Å². The predicted octanol–water partition coefficient (Wildman–Crippen LogP) is 1.96. The lowest BCUT2D eigenvalue weighted by molar-refractivity contribution is 0.00752. The Morgan fingerprint density at radius 2 is 1.86 bits per heavy atom. The number of ether oxygens (including phenoxy) is 1. The molecular weight excluding hydrogens is 352 g/mol. The summed E-state index contributed by atoms with van der Waals surface area (Å²) in [6, 6.07) is 0.476. The topological polar surface area (TPSA) is 66.7 Å². The molecule has 1 aromatic rings. The van der Waals surface area contributed by atoms with Crippen molar-refractivity contribution in [1.82, 2.24) is 25.3 Å². The quantitative estimate of drug-likeness (QED) is 0.497. The average Bonchev–Trinajstić information content (AvgIpc) is 3.01. The van der Waals surface area contributed by atoms with E-state index < -0.39 is 0 Å². The second kappa shape index (κ2) is 11.4. The molecule has 0 spiro atoms. The molecule has 1 aliphatic rings. The minimum Gasteiger partial charge on any atom is -0.379 e. The van der Waals surface area contributed by atoms with Gasteiger partial charge in [0.1, 0.15) is 0 Å². The molecule has 1 aliphatic heterocycles. The van der Waals surface area contributed by atoms with Crippen molar-refractivity contribution in [2.24, 2.45) is 18.0 Å². The van der Waals surface area contributed by atoms with E-state index in [4.69, 9.17) is 9.73 Å². The first-order chi connectivity index (χ1) is 13.5. The number of nitrogens with zero attached hydrogens (tertiary/aromatic N) is 4. The molecule has 0 amide bonds. The van der Waals surface area contributed by atoms with Gasteiger partial charge in [-0.1, -0.05) is 27.7 Å². The van der Waals surface area contributed by atoms with Gasteiger partial charge in [-0.3, -0.25) is 9.58 Å². The van der Waals surface area contributed by atoms with Crippen LogP contribution in [0, 0.1) is 5.92 Å². The molecule has 7 heteroatoms. The van der Waals surface area contributed by atoms with Crippen LogP contribution in [0.3, 0.4) is 0 Å². The van der Waals surface area contributed by atoms with Crippen LogP contribution in [0.15, 0.2) is 4.99 Å². The number of guanidine groups is 1. The highest BCUT2D eigenvalue weighted by atomic mass is 16.5. The van der Waals surface area contributed by atoms with Crippen LogP contribution in [0.1, 0.15) is 51.6 Å². The molecule has 1 aromatic heterocycles. The fourth-order valence-electron chi connectivity index (χ4n) is 3.97. The fraction of sp³-hybridized carbons (Fsp3) is 0.810. The Balaban J connectivity index is 2.07. The lowest BCUT2D eigenvalue weighted by Gasteiger charge is -2.37. The molecule has 28 heavy (non-hydrogen) atoms. The lowest BCUT2D eigenvalue weighted by Crippen LogP contribution is -2.52. The van der Waals surface area contributed by atoms with Gasteiger partial charge < -0.3 is 15.4 Å². The molecule has 1 saturated heterocycles. The molecular formula is C21H40N6O. The summed E-state index contributed by atoms with van der Waals surface area (Å²) < 4.78 is 7.53.